The normalized spacial score (nSPS) is 16.2. The van der Waals surface area contributed by atoms with Crippen LogP contribution in [0.15, 0.2) is 36.1 Å². The maximum atomic E-state index is 6.22. The van der Waals surface area contributed by atoms with Crippen molar-refractivity contribution in [2.45, 2.75) is 32.2 Å². The fraction of sp³-hybridized carbons (Fsp3) is 0.467. The Balaban J connectivity index is 2.07. The van der Waals surface area contributed by atoms with E-state index in [4.69, 9.17) is 16.3 Å². The van der Waals surface area contributed by atoms with Gasteiger partial charge in [0.25, 0.3) is 0 Å². The minimum Gasteiger partial charge on any atom is -0.496 e. The van der Waals surface area contributed by atoms with E-state index in [0.717, 1.165) is 43.2 Å². The summed E-state index contributed by atoms with van der Waals surface area (Å²) in [6.07, 6.45) is 5.20. The molecule has 1 N–H and O–H groups in total. The first-order chi connectivity index (χ1) is 8.81. The Hall–Kier alpha value is -0.990. The molecule has 0 aliphatic carbocycles. The highest BCUT2D eigenvalue weighted by Gasteiger charge is 2.19. The SMILES string of the molecule is CCCNC(Cc1ccccc1Cl)C1=CCCO1. The summed E-state index contributed by atoms with van der Waals surface area (Å²) < 4.78 is 5.68. The van der Waals surface area contributed by atoms with Crippen molar-refractivity contribution >= 4 is 11.6 Å². The summed E-state index contributed by atoms with van der Waals surface area (Å²) in [6, 6.07) is 8.26. The third-order valence-corrected chi connectivity index (χ3v) is 3.47. The van der Waals surface area contributed by atoms with Gasteiger partial charge < -0.3 is 10.1 Å². The molecule has 0 saturated heterocycles. The lowest BCUT2D eigenvalue weighted by molar-refractivity contribution is 0.214. The Kier molecular flexibility index (Phi) is 5.09. The third-order valence-electron chi connectivity index (χ3n) is 3.10. The van der Waals surface area contributed by atoms with Crippen LogP contribution in [-0.2, 0) is 11.2 Å². The molecule has 1 unspecified atom stereocenters. The monoisotopic (exact) mass is 265 g/mol. The molecule has 0 fully saturated rings. The first-order valence-corrected chi connectivity index (χ1v) is 6.98. The molecule has 0 spiro atoms. The van der Waals surface area contributed by atoms with Crippen molar-refractivity contribution in [2.75, 3.05) is 13.2 Å². The maximum absolute atomic E-state index is 6.22. The molecule has 1 atom stereocenters. The molecule has 2 rings (SSSR count). The standard InChI is InChI=1S/C15H20ClNO/c1-2-9-17-14(15-8-5-10-18-15)11-12-6-3-4-7-13(12)16/h3-4,6-8,14,17H,2,5,9-11H2,1H3. The van der Waals surface area contributed by atoms with Crippen molar-refractivity contribution in [3.8, 4) is 0 Å². The molecule has 2 nitrogen and oxygen atoms in total. The van der Waals surface area contributed by atoms with Gasteiger partial charge in [-0.2, -0.15) is 0 Å². The van der Waals surface area contributed by atoms with Crippen LogP contribution in [0, 0.1) is 0 Å². The van der Waals surface area contributed by atoms with Crippen LogP contribution in [0.2, 0.25) is 5.02 Å². The van der Waals surface area contributed by atoms with Gasteiger partial charge in [-0.15, -0.1) is 0 Å². The zero-order valence-corrected chi connectivity index (χ0v) is 11.5. The lowest BCUT2D eigenvalue weighted by Crippen LogP contribution is -2.34. The Labute approximate surface area is 114 Å². The highest BCUT2D eigenvalue weighted by molar-refractivity contribution is 6.31. The number of ether oxygens (including phenoxy) is 1. The van der Waals surface area contributed by atoms with Crippen molar-refractivity contribution in [3.05, 3.63) is 46.7 Å². The smallest absolute Gasteiger partial charge is 0.109 e. The lowest BCUT2D eigenvalue weighted by atomic mass is 10.0. The average molecular weight is 266 g/mol. The zero-order chi connectivity index (χ0) is 12.8. The number of halogens is 1. The fourth-order valence-electron chi connectivity index (χ4n) is 2.16. The highest BCUT2D eigenvalue weighted by Crippen LogP contribution is 2.21. The Morgan fingerprint density at radius 1 is 1.39 bits per heavy atom. The van der Waals surface area contributed by atoms with Crippen molar-refractivity contribution in [3.63, 3.8) is 0 Å². The molecule has 0 saturated carbocycles. The second-order valence-electron chi connectivity index (χ2n) is 4.55. The van der Waals surface area contributed by atoms with Crippen LogP contribution in [-0.4, -0.2) is 19.2 Å². The van der Waals surface area contributed by atoms with Gasteiger partial charge in [-0.05, 0) is 37.1 Å². The van der Waals surface area contributed by atoms with Crippen LogP contribution in [0.5, 0.6) is 0 Å². The molecule has 1 aromatic rings. The summed E-state index contributed by atoms with van der Waals surface area (Å²) in [5.74, 6) is 1.07. The molecule has 0 bridgehead atoms. The number of benzene rings is 1. The molecule has 18 heavy (non-hydrogen) atoms. The molecule has 1 aliphatic rings. The summed E-state index contributed by atoms with van der Waals surface area (Å²) in [7, 11) is 0. The van der Waals surface area contributed by atoms with Crippen molar-refractivity contribution in [1.29, 1.82) is 0 Å². The van der Waals surface area contributed by atoms with E-state index >= 15 is 0 Å². The molecule has 1 heterocycles. The van der Waals surface area contributed by atoms with Crippen molar-refractivity contribution in [1.82, 2.24) is 5.32 Å². The van der Waals surface area contributed by atoms with Gasteiger partial charge in [0.1, 0.15) is 5.76 Å². The van der Waals surface area contributed by atoms with Gasteiger partial charge in [0.2, 0.25) is 0 Å². The molecule has 0 aromatic heterocycles. The van der Waals surface area contributed by atoms with Crippen molar-refractivity contribution < 1.29 is 4.74 Å². The predicted octanol–water partition coefficient (Wildman–Crippen LogP) is 3.55. The number of nitrogens with one attached hydrogen (secondary N) is 1. The second-order valence-corrected chi connectivity index (χ2v) is 4.95. The molecular formula is C15H20ClNO. The van der Waals surface area contributed by atoms with E-state index in [2.05, 4.69) is 24.4 Å². The van der Waals surface area contributed by atoms with E-state index in [-0.39, 0.29) is 6.04 Å². The summed E-state index contributed by atoms with van der Waals surface area (Å²) in [5.41, 5.74) is 1.17. The largest absolute Gasteiger partial charge is 0.496 e. The quantitative estimate of drug-likeness (QED) is 0.849. The Bertz CT molecular complexity index is 417. The molecular weight excluding hydrogens is 246 g/mol. The number of rotatable bonds is 6. The topological polar surface area (TPSA) is 21.3 Å². The van der Waals surface area contributed by atoms with Gasteiger partial charge in [-0.25, -0.2) is 0 Å². The summed E-state index contributed by atoms with van der Waals surface area (Å²) in [6.45, 7) is 3.97. The lowest BCUT2D eigenvalue weighted by Gasteiger charge is -2.20. The predicted molar refractivity (Wildman–Crippen MR) is 75.9 cm³/mol. The van der Waals surface area contributed by atoms with Crippen LogP contribution in [0.3, 0.4) is 0 Å². The van der Waals surface area contributed by atoms with E-state index in [0.29, 0.717) is 0 Å². The van der Waals surface area contributed by atoms with Gasteiger partial charge in [-0.3, -0.25) is 0 Å². The van der Waals surface area contributed by atoms with Crippen LogP contribution in [0.1, 0.15) is 25.3 Å². The summed E-state index contributed by atoms with van der Waals surface area (Å²) in [4.78, 5) is 0. The van der Waals surface area contributed by atoms with E-state index in [1.54, 1.807) is 0 Å². The minimum absolute atomic E-state index is 0.243. The van der Waals surface area contributed by atoms with Gasteiger partial charge in [0.15, 0.2) is 0 Å². The average Bonchev–Trinajstić information content (AvgIpc) is 2.90. The molecule has 0 radical (unpaired) electrons. The highest BCUT2D eigenvalue weighted by atomic mass is 35.5. The van der Waals surface area contributed by atoms with Gasteiger partial charge in [0, 0.05) is 11.4 Å². The van der Waals surface area contributed by atoms with Crippen LogP contribution in [0.4, 0.5) is 0 Å². The molecule has 98 valence electrons. The summed E-state index contributed by atoms with van der Waals surface area (Å²) >= 11 is 6.22. The van der Waals surface area contributed by atoms with Gasteiger partial charge in [-0.1, -0.05) is 36.7 Å². The minimum atomic E-state index is 0.243. The molecule has 1 aromatic carbocycles. The van der Waals surface area contributed by atoms with Crippen LogP contribution in [0.25, 0.3) is 0 Å². The van der Waals surface area contributed by atoms with E-state index < -0.39 is 0 Å². The second kappa shape index (κ2) is 6.81. The van der Waals surface area contributed by atoms with E-state index in [9.17, 15) is 0 Å². The zero-order valence-electron chi connectivity index (χ0n) is 10.8. The maximum Gasteiger partial charge on any atom is 0.109 e. The van der Waals surface area contributed by atoms with E-state index in [1.807, 2.05) is 18.2 Å². The third kappa shape index (κ3) is 3.50. The van der Waals surface area contributed by atoms with Gasteiger partial charge in [0.05, 0.1) is 12.6 Å². The van der Waals surface area contributed by atoms with Crippen molar-refractivity contribution in [2.24, 2.45) is 0 Å². The molecule has 3 heteroatoms. The number of hydrogen-bond acceptors (Lipinski definition) is 2. The molecule has 1 aliphatic heterocycles. The first kappa shape index (κ1) is 13.4. The first-order valence-electron chi connectivity index (χ1n) is 6.61. The fourth-order valence-corrected chi connectivity index (χ4v) is 2.37. The summed E-state index contributed by atoms with van der Waals surface area (Å²) in [5, 5.41) is 4.37. The molecule has 0 amide bonds. The number of hydrogen-bond donors (Lipinski definition) is 1. The van der Waals surface area contributed by atoms with E-state index in [1.165, 1.54) is 5.56 Å². The van der Waals surface area contributed by atoms with Gasteiger partial charge >= 0.3 is 0 Å². The van der Waals surface area contributed by atoms with Crippen LogP contribution >= 0.6 is 11.6 Å². The van der Waals surface area contributed by atoms with Crippen LogP contribution < -0.4 is 5.32 Å². The Morgan fingerprint density at radius 3 is 2.89 bits per heavy atom. The Morgan fingerprint density at radius 2 is 2.22 bits per heavy atom.